The van der Waals surface area contributed by atoms with E-state index >= 15 is 0 Å². The lowest BCUT2D eigenvalue weighted by Crippen LogP contribution is -2.07. The molecule has 0 N–H and O–H groups in total. The van der Waals surface area contributed by atoms with Gasteiger partial charge in [0.15, 0.2) is 0 Å². The lowest BCUT2D eigenvalue weighted by atomic mass is 10.2. The van der Waals surface area contributed by atoms with Crippen LogP contribution >= 0.6 is 0 Å². The van der Waals surface area contributed by atoms with Crippen molar-refractivity contribution >= 4 is 18.0 Å². The highest BCUT2D eigenvalue weighted by atomic mass is 16.5. The minimum absolute atomic E-state index is 0.278. The predicted molar refractivity (Wildman–Crippen MR) is 99.3 cm³/mol. The van der Waals surface area contributed by atoms with Crippen LogP contribution in [0.3, 0.4) is 0 Å². The van der Waals surface area contributed by atoms with E-state index in [2.05, 4.69) is 0 Å². The number of benzene rings is 2. The second kappa shape index (κ2) is 10.0. The molecule has 0 unspecified atom stereocenters. The molecule has 2 rings (SSSR count). The number of para-hydroxylation sites is 1. The summed E-state index contributed by atoms with van der Waals surface area (Å²) in [6.45, 7) is 4.65. The third-order valence-electron chi connectivity index (χ3n) is 3.34. The van der Waals surface area contributed by atoms with Gasteiger partial charge in [-0.05, 0) is 43.7 Å². The maximum Gasteiger partial charge on any atom is 0.338 e. The van der Waals surface area contributed by atoms with E-state index in [1.54, 1.807) is 31.2 Å². The normalized spacial score (nSPS) is 10.5. The van der Waals surface area contributed by atoms with E-state index in [9.17, 15) is 9.59 Å². The quantitative estimate of drug-likeness (QED) is 0.402. The lowest BCUT2D eigenvalue weighted by Gasteiger charge is -2.07. The molecule has 0 bridgehead atoms. The van der Waals surface area contributed by atoms with Gasteiger partial charge < -0.3 is 14.2 Å². The van der Waals surface area contributed by atoms with Crippen molar-refractivity contribution in [3.63, 3.8) is 0 Å². The Kier molecular flexibility index (Phi) is 7.43. The van der Waals surface area contributed by atoms with Crippen molar-refractivity contribution in [1.29, 1.82) is 0 Å². The van der Waals surface area contributed by atoms with Crippen molar-refractivity contribution < 1.29 is 23.8 Å². The molecule has 0 atom stereocenters. The number of rotatable bonds is 8. The van der Waals surface area contributed by atoms with Gasteiger partial charge in [0, 0.05) is 11.6 Å². The van der Waals surface area contributed by atoms with E-state index in [0.29, 0.717) is 17.9 Å². The zero-order valence-corrected chi connectivity index (χ0v) is 14.9. The van der Waals surface area contributed by atoms with Crippen LogP contribution in [0.25, 0.3) is 6.08 Å². The SMILES string of the molecule is CCCOc1ccccc1/C=C/C(=O)Oc1cccc(C(=O)OCC)c1. The highest BCUT2D eigenvalue weighted by Gasteiger charge is 2.09. The summed E-state index contributed by atoms with van der Waals surface area (Å²) in [5.41, 5.74) is 1.12. The molecule has 26 heavy (non-hydrogen) atoms. The fourth-order valence-electron chi connectivity index (χ4n) is 2.17. The number of ether oxygens (including phenoxy) is 3. The van der Waals surface area contributed by atoms with Crippen molar-refractivity contribution in [3.8, 4) is 11.5 Å². The Bertz CT molecular complexity index is 779. The van der Waals surface area contributed by atoms with E-state index in [-0.39, 0.29) is 12.4 Å². The Labute approximate surface area is 153 Å². The minimum Gasteiger partial charge on any atom is -0.493 e. The molecule has 0 aliphatic rings. The molecule has 2 aromatic carbocycles. The van der Waals surface area contributed by atoms with E-state index < -0.39 is 11.9 Å². The summed E-state index contributed by atoms with van der Waals surface area (Å²) in [6.07, 6.45) is 3.87. The van der Waals surface area contributed by atoms with Gasteiger partial charge in [-0.15, -0.1) is 0 Å². The largest absolute Gasteiger partial charge is 0.493 e. The number of esters is 2. The summed E-state index contributed by atoms with van der Waals surface area (Å²) in [4.78, 5) is 23.8. The minimum atomic E-state index is -0.545. The summed E-state index contributed by atoms with van der Waals surface area (Å²) in [5.74, 6) is -0.0114. The number of hydrogen-bond acceptors (Lipinski definition) is 5. The first-order valence-corrected chi connectivity index (χ1v) is 8.53. The van der Waals surface area contributed by atoms with Crippen molar-refractivity contribution in [2.45, 2.75) is 20.3 Å². The molecule has 0 saturated heterocycles. The maximum absolute atomic E-state index is 12.1. The molecule has 0 aliphatic heterocycles. The Hall–Kier alpha value is -3.08. The Morgan fingerprint density at radius 2 is 1.85 bits per heavy atom. The standard InChI is InChI=1S/C21H22O5/c1-3-14-25-19-11-6-5-8-16(19)12-13-20(22)26-18-10-7-9-17(15-18)21(23)24-4-2/h5-13,15H,3-4,14H2,1-2H3/b13-12+. The van der Waals surface area contributed by atoms with Gasteiger partial charge in [-0.1, -0.05) is 31.2 Å². The Morgan fingerprint density at radius 1 is 1.04 bits per heavy atom. The molecule has 0 aromatic heterocycles. The average Bonchev–Trinajstić information content (AvgIpc) is 2.65. The number of carbonyl (C=O) groups excluding carboxylic acids is 2. The molecule has 2 aromatic rings. The van der Waals surface area contributed by atoms with Crippen molar-refractivity contribution in [2.75, 3.05) is 13.2 Å². The van der Waals surface area contributed by atoms with Gasteiger partial charge in [-0.3, -0.25) is 0 Å². The molecule has 0 saturated carbocycles. The van der Waals surface area contributed by atoms with Crippen LogP contribution in [0.15, 0.2) is 54.6 Å². The first kappa shape index (κ1) is 19.2. The van der Waals surface area contributed by atoms with E-state index in [1.807, 2.05) is 31.2 Å². The molecular weight excluding hydrogens is 332 g/mol. The van der Waals surface area contributed by atoms with Gasteiger partial charge in [-0.25, -0.2) is 9.59 Å². The van der Waals surface area contributed by atoms with Gasteiger partial charge >= 0.3 is 11.9 Å². The molecule has 0 radical (unpaired) electrons. The summed E-state index contributed by atoms with van der Waals surface area (Å²) in [7, 11) is 0. The Balaban J connectivity index is 2.04. The highest BCUT2D eigenvalue weighted by Crippen LogP contribution is 2.20. The van der Waals surface area contributed by atoms with Crippen LogP contribution in [0.4, 0.5) is 0 Å². The predicted octanol–water partition coefficient (Wildman–Crippen LogP) is 4.27. The maximum atomic E-state index is 12.1. The van der Waals surface area contributed by atoms with Crippen LogP contribution in [-0.4, -0.2) is 25.2 Å². The zero-order valence-electron chi connectivity index (χ0n) is 14.9. The van der Waals surface area contributed by atoms with Crippen LogP contribution in [0.5, 0.6) is 11.5 Å². The van der Waals surface area contributed by atoms with Crippen molar-refractivity contribution in [2.24, 2.45) is 0 Å². The average molecular weight is 354 g/mol. The first-order chi connectivity index (χ1) is 12.6. The molecule has 5 heteroatoms. The number of carbonyl (C=O) groups is 2. The molecule has 0 amide bonds. The first-order valence-electron chi connectivity index (χ1n) is 8.53. The van der Waals surface area contributed by atoms with E-state index in [0.717, 1.165) is 12.0 Å². The topological polar surface area (TPSA) is 61.8 Å². The van der Waals surface area contributed by atoms with Gasteiger partial charge in [0.05, 0.1) is 18.8 Å². The van der Waals surface area contributed by atoms with Crippen LogP contribution in [0.1, 0.15) is 36.2 Å². The van der Waals surface area contributed by atoms with E-state index in [4.69, 9.17) is 14.2 Å². The summed E-state index contributed by atoms with van der Waals surface area (Å²) < 4.78 is 15.8. The fraction of sp³-hybridized carbons (Fsp3) is 0.238. The van der Waals surface area contributed by atoms with Gasteiger partial charge in [0.2, 0.25) is 0 Å². The lowest BCUT2D eigenvalue weighted by molar-refractivity contribution is -0.128. The highest BCUT2D eigenvalue weighted by molar-refractivity contribution is 5.91. The summed E-state index contributed by atoms with van der Waals surface area (Å²) in [5, 5.41) is 0. The van der Waals surface area contributed by atoms with Crippen LogP contribution in [-0.2, 0) is 9.53 Å². The van der Waals surface area contributed by atoms with Crippen LogP contribution < -0.4 is 9.47 Å². The molecule has 5 nitrogen and oxygen atoms in total. The van der Waals surface area contributed by atoms with Gasteiger partial charge in [0.1, 0.15) is 11.5 Å². The zero-order chi connectivity index (χ0) is 18.8. The van der Waals surface area contributed by atoms with Crippen molar-refractivity contribution in [1.82, 2.24) is 0 Å². The third kappa shape index (κ3) is 5.77. The van der Waals surface area contributed by atoms with Crippen LogP contribution in [0.2, 0.25) is 0 Å². The monoisotopic (exact) mass is 354 g/mol. The van der Waals surface area contributed by atoms with Crippen molar-refractivity contribution in [3.05, 3.63) is 65.7 Å². The molecule has 0 spiro atoms. The molecule has 136 valence electrons. The van der Waals surface area contributed by atoms with Crippen LogP contribution in [0, 0.1) is 0 Å². The smallest absolute Gasteiger partial charge is 0.338 e. The number of hydrogen-bond donors (Lipinski definition) is 0. The Morgan fingerprint density at radius 3 is 2.62 bits per heavy atom. The molecule has 0 fully saturated rings. The van der Waals surface area contributed by atoms with Gasteiger partial charge in [-0.2, -0.15) is 0 Å². The molecule has 0 heterocycles. The van der Waals surface area contributed by atoms with E-state index in [1.165, 1.54) is 12.1 Å². The molecular formula is C21H22O5. The third-order valence-corrected chi connectivity index (χ3v) is 3.34. The molecule has 0 aliphatic carbocycles. The fourth-order valence-corrected chi connectivity index (χ4v) is 2.17. The second-order valence-corrected chi connectivity index (χ2v) is 5.39. The second-order valence-electron chi connectivity index (χ2n) is 5.39. The summed E-state index contributed by atoms with van der Waals surface area (Å²) in [6, 6.07) is 13.8. The summed E-state index contributed by atoms with van der Waals surface area (Å²) >= 11 is 0. The van der Waals surface area contributed by atoms with Gasteiger partial charge in [0.25, 0.3) is 0 Å².